The number of aromatic nitrogens is 2. The number of piperazine rings is 1. The largest absolute Gasteiger partial charge is 0.342 e. The van der Waals surface area contributed by atoms with Gasteiger partial charge >= 0.3 is 0 Å². The van der Waals surface area contributed by atoms with E-state index < -0.39 is 21.6 Å². The highest BCUT2D eigenvalue weighted by Crippen LogP contribution is 2.38. The number of sulfonamides is 1. The van der Waals surface area contributed by atoms with Crippen molar-refractivity contribution in [3.05, 3.63) is 47.8 Å². The summed E-state index contributed by atoms with van der Waals surface area (Å²) in [4.78, 5) is 33.8. The molecule has 43 heavy (non-hydrogen) atoms. The van der Waals surface area contributed by atoms with Crippen molar-refractivity contribution >= 4 is 21.8 Å². The van der Waals surface area contributed by atoms with Gasteiger partial charge in [0.1, 0.15) is 11.6 Å². The number of likely N-dealkylation sites (tertiary alicyclic amines) is 1. The molecule has 0 aliphatic carbocycles. The van der Waals surface area contributed by atoms with Gasteiger partial charge < -0.3 is 15.1 Å². The first kappa shape index (κ1) is 33.1. The number of rotatable bonds is 14. The van der Waals surface area contributed by atoms with Crippen LogP contribution in [0, 0.1) is 5.92 Å². The van der Waals surface area contributed by atoms with Crippen molar-refractivity contribution in [2.24, 2.45) is 5.92 Å². The van der Waals surface area contributed by atoms with Gasteiger partial charge in [-0.15, -0.1) is 0 Å². The first-order valence-electron chi connectivity index (χ1n) is 15.6. The minimum Gasteiger partial charge on any atom is -0.342 e. The minimum atomic E-state index is -3.62. The lowest BCUT2D eigenvalue weighted by atomic mass is 9.80. The maximum absolute atomic E-state index is 13.7. The number of carbonyl (C=O) groups is 2. The number of unbranched alkanes of at least 4 members (excludes halogenated alkanes) is 1. The number of carbonyl (C=O) groups excluding carboxylic acids is 2. The summed E-state index contributed by atoms with van der Waals surface area (Å²) in [6.45, 7) is 9.20. The van der Waals surface area contributed by atoms with E-state index in [1.165, 1.54) is 0 Å². The summed E-state index contributed by atoms with van der Waals surface area (Å²) in [5.41, 5.74) is 1.04. The fraction of sp³-hybridized carbons (Fsp3) is 0.645. The molecule has 4 rings (SSSR count). The summed E-state index contributed by atoms with van der Waals surface area (Å²) in [6.07, 6.45) is 7.86. The molecule has 3 heterocycles. The number of amides is 2. The predicted molar refractivity (Wildman–Crippen MR) is 167 cm³/mol. The van der Waals surface area contributed by atoms with Crippen molar-refractivity contribution in [1.82, 2.24) is 34.9 Å². The van der Waals surface area contributed by atoms with Crippen LogP contribution in [0.3, 0.4) is 0 Å². The molecule has 0 radical (unpaired) electrons. The molecule has 3 N–H and O–H groups in total. The Hall–Kier alpha value is -2.80. The molecule has 1 aromatic heterocycles. The number of hydrogen-bond acceptors (Lipinski definition) is 7. The highest BCUT2D eigenvalue weighted by molar-refractivity contribution is 7.89. The molecule has 2 saturated heterocycles. The lowest BCUT2D eigenvalue weighted by Crippen LogP contribution is -2.73. The summed E-state index contributed by atoms with van der Waals surface area (Å²) in [5, 5.41) is 10.2. The van der Waals surface area contributed by atoms with E-state index in [0.717, 1.165) is 36.9 Å². The molecule has 2 fully saturated rings. The molecule has 12 heteroatoms. The second-order valence-corrected chi connectivity index (χ2v) is 14.4. The Kier molecular flexibility index (Phi) is 11.0. The van der Waals surface area contributed by atoms with Crippen LogP contribution in [0.4, 0.5) is 0 Å². The van der Waals surface area contributed by atoms with Crippen molar-refractivity contribution < 1.29 is 18.0 Å². The zero-order valence-corrected chi connectivity index (χ0v) is 27.1. The zero-order chi connectivity index (χ0) is 31.2. The highest BCUT2D eigenvalue weighted by atomic mass is 32.2. The first-order chi connectivity index (χ1) is 20.5. The average molecular weight is 616 g/mol. The molecule has 2 aliphatic heterocycles. The van der Waals surface area contributed by atoms with Crippen molar-refractivity contribution in [1.29, 1.82) is 0 Å². The molecule has 0 bridgehead atoms. The van der Waals surface area contributed by atoms with Gasteiger partial charge in [0.2, 0.25) is 21.8 Å². The quantitative estimate of drug-likeness (QED) is 0.279. The van der Waals surface area contributed by atoms with Crippen molar-refractivity contribution in [3.63, 3.8) is 0 Å². The molecule has 1 unspecified atom stereocenters. The van der Waals surface area contributed by atoms with Gasteiger partial charge in [-0.3, -0.25) is 19.6 Å². The second-order valence-electron chi connectivity index (χ2n) is 12.6. The van der Waals surface area contributed by atoms with Crippen molar-refractivity contribution in [3.8, 4) is 0 Å². The Morgan fingerprint density at radius 3 is 2.37 bits per heavy atom. The summed E-state index contributed by atoms with van der Waals surface area (Å²) in [7, 11) is 0.300. The summed E-state index contributed by atoms with van der Waals surface area (Å²) >= 11 is 0. The van der Waals surface area contributed by atoms with Crippen LogP contribution in [-0.4, -0.2) is 104 Å². The Balaban J connectivity index is 1.53. The van der Waals surface area contributed by atoms with Crippen LogP contribution in [0.15, 0.2) is 41.6 Å². The third kappa shape index (κ3) is 7.65. The molecule has 2 amide bonds. The van der Waals surface area contributed by atoms with E-state index in [2.05, 4.69) is 45.9 Å². The summed E-state index contributed by atoms with van der Waals surface area (Å²) in [6, 6.07) is 6.37. The normalized spacial score (nSPS) is 20.3. The molecule has 238 valence electrons. The number of aromatic amines is 1. The van der Waals surface area contributed by atoms with Gasteiger partial charge in [0.15, 0.2) is 0 Å². The van der Waals surface area contributed by atoms with Gasteiger partial charge in [0.25, 0.3) is 0 Å². The van der Waals surface area contributed by atoms with Crippen LogP contribution < -0.4 is 10.0 Å². The number of H-pyrrole nitrogens is 1. The summed E-state index contributed by atoms with van der Waals surface area (Å²) < 4.78 is 28.5. The number of nitrogens with one attached hydrogen (secondary N) is 3. The maximum Gasteiger partial charge on any atom is 0.246 e. The first-order valence-corrected chi connectivity index (χ1v) is 17.1. The minimum absolute atomic E-state index is 0.0358. The van der Waals surface area contributed by atoms with Crippen LogP contribution in [0.1, 0.15) is 76.5 Å². The van der Waals surface area contributed by atoms with Crippen LogP contribution in [0.25, 0.3) is 0 Å². The SMILES string of the molecule is CCCCN1C(=O)[C@H](CC(C)C)NC(=O)C12CCN(C(c1ccc(S(=O)(=O)NCCCN(C)C)cc1)c1cn[nH]c1)CC2. The van der Waals surface area contributed by atoms with E-state index in [9.17, 15) is 18.0 Å². The summed E-state index contributed by atoms with van der Waals surface area (Å²) in [5.74, 6) is 0.295. The van der Waals surface area contributed by atoms with Crippen molar-refractivity contribution in [2.75, 3.05) is 46.8 Å². The van der Waals surface area contributed by atoms with E-state index in [4.69, 9.17) is 0 Å². The zero-order valence-electron chi connectivity index (χ0n) is 26.3. The maximum atomic E-state index is 13.7. The molecular weight excluding hydrogens is 566 g/mol. The lowest BCUT2D eigenvalue weighted by Gasteiger charge is -2.52. The second kappa shape index (κ2) is 14.3. The van der Waals surface area contributed by atoms with Gasteiger partial charge in [-0.1, -0.05) is 39.3 Å². The molecule has 2 atom stereocenters. The van der Waals surface area contributed by atoms with Crippen LogP contribution in [-0.2, 0) is 19.6 Å². The third-order valence-electron chi connectivity index (χ3n) is 8.66. The molecule has 0 saturated carbocycles. The lowest BCUT2D eigenvalue weighted by molar-refractivity contribution is -0.162. The fourth-order valence-corrected chi connectivity index (χ4v) is 7.41. The standard InChI is InChI=1S/C31H49N7O4S/c1-6-7-17-38-29(39)27(20-23(2)3)35-30(40)31(38)13-18-37(19-14-31)28(25-21-32-33-22-25)24-9-11-26(12-10-24)43(41,42)34-15-8-16-36(4)5/h9-12,21-23,27-28,34H,6-8,13-20H2,1-5H3,(H,32,33)(H,35,40)/t27-,28?/m0/s1. The Morgan fingerprint density at radius 1 is 1.09 bits per heavy atom. The monoisotopic (exact) mass is 615 g/mol. The molecule has 1 spiro atoms. The Bertz CT molecular complexity index is 1300. The van der Waals surface area contributed by atoms with Crippen LogP contribution in [0.5, 0.6) is 0 Å². The third-order valence-corrected chi connectivity index (χ3v) is 10.1. The molecule has 2 aliphatic rings. The van der Waals surface area contributed by atoms with Crippen LogP contribution >= 0.6 is 0 Å². The van der Waals surface area contributed by atoms with E-state index in [1.807, 2.05) is 42.2 Å². The topological polar surface area (TPSA) is 131 Å². The van der Waals surface area contributed by atoms with E-state index in [-0.39, 0.29) is 22.8 Å². The van der Waals surface area contributed by atoms with E-state index in [1.54, 1.807) is 18.3 Å². The van der Waals surface area contributed by atoms with Gasteiger partial charge in [0, 0.05) is 37.9 Å². The van der Waals surface area contributed by atoms with Gasteiger partial charge in [0.05, 0.1) is 17.1 Å². The highest BCUT2D eigenvalue weighted by Gasteiger charge is 2.53. The molecule has 2 aromatic rings. The molecular formula is C31H49N7O4S. The number of hydrogen-bond donors (Lipinski definition) is 3. The van der Waals surface area contributed by atoms with E-state index >= 15 is 0 Å². The number of benzene rings is 1. The molecule has 11 nitrogen and oxygen atoms in total. The number of piperidine rings is 1. The van der Waals surface area contributed by atoms with Crippen molar-refractivity contribution in [2.45, 2.75) is 81.8 Å². The van der Waals surface area contributed by atoms with Gasteiger partial charge in [-0.2, -0.15) is 5.10 Å². The van der Waals surface area contributed by atoms with Gasteiger partial charge in [-0.25, -0.2) is 13.1 Å². The fourth-order valence-electron chi connectivity index (χ4n) is 6.34. The van der Waals surface area contributed by atoms with Crippen LogP contribution in [0.2, 0.25) is 0 Å². The van der Waals surface area contributed by atoms with Gasteiger partial charge in [-0.05, 0) is 76.4 Å². The molecule has 1 aromatic carbocycles. The van der Waals surface area contributed by atoms with E-state index in [0.29, 0.717) is 51.4 Å². The average Bonchev–Trinajstić information content (AvgIpc) is 3.50. The Morgan fingerprint density at radius 2 is 1.79 bits per heavy atom. The predicted octanol–water partition coefficient (Wildman–Crippen LogP) is 2.74. The Labute approximate surface area is 256 Å². The smallest absolute Gasteiger partial charge is 0.246 e. The number of nitrogens with zero attached hydrogens (tertiary/aromatic N) is 4.